The second kappa shape index (κ2) is 4.13. The molecule has 0 N–H and O–H groups in total. The van der Waals surface area contributed by atoms with Crippen LogP contribution in [0.15, 0.2) is 21.0 Å². The Labute approximate surface area is 105 Å². The first-order valence-corrected chi connectivity index (χ1v) is 8.58. The molecule has 0 amide bonds. The van der Waals surface area contributed by atoms with Crippen molar-refractivity contribution in [3.8, 4) is 0 Å². The minimum absolute atomic E-state index is 0.0483. The van der Waals surface area contributed by atoms with Gasteiger partial charge in [-0.3, -0.25) is 9.59 Å². The van der Waals surface area contributed by atoms with Crippen molar-refractivity contribution >= 4 is 31.2 Å². The smallest absolute Gasteiger partial charge is 0.202 e. The zero-order valence-corrected chi connectivity index (χ0v) is 11.9. The molecule has 1 rings (SSSR count). The van der Waals surface area contributed by atoms with E-state index < -0.39 is 41.1 Å². The Bertz CT molecular complexity index is 654. The van der Waals surface area contributed by atoms with E-state index in [0.29, 0.717) is 12.5 Å². The predicted molar refractivity (Wildman–Crippen MR) is 65.1 cm³/mol. The zero-order chi connectivity index (χ0) is 14.5. The molecule has 0 heterocycles. The third-order valence-electron chi connectivity index (χ3n) is 2.60. The molecule has 0 aliphatic heterocycles. The molecule has 0 saturated heterocycles. The molecule has 0 bridgehead atoms. The first-order chi connectivity index (χ1) is 7.89. The molecule has 0 saturated carbocycles. The van der Waals surface area contributed by atoms with Gasteiger partial charge in [0.15, 0.2) is 19.7 Å². The highest BCUT2D eigenvalue weighted by Crippen LogP contribution is 2.30. The highest BCUT2D eigenvalue weighted by Gasteiger charge is 2.40. The summed E-state index contributed by atoms with van der Waals surface area (Å²) in [6.07, 6.45) is 1.40. The third kappa shape index (κ3) is 2.30. The van der Waals surface area contributed by atoms with Crippen LogP contribution in [0.3, 0.4) is 0 Å². The van der Waals surface area contributed by atoms with Crippen molar-refractivity contribution in [2.45, 2.75) is 13.8 Å². The molecule has 0 aromatic rings. The third-order valence-corrected chi connectivity index (χ3v) is 5.00. The molecule has 0 atom stereocenters. The van der Waals surface area contributed by atoms with E-state index in [-0.39, 0.29) is 11.1 Å². The average Bonchev–Trinajstić information content (AvgIpc) is 2.16. The minimum Gasteiger partial charge on any atom is -0.288 e. The Morgan fingerprint density at radius 1 is 0.667 bits per heavy atom. The number of hydrogen-bond donors (Lipinski definition) is 0. The molecule has 1 aliphatic carbocycles. The van der Waals surface area contributed by atoms with Crippen molar-refractivity contribution in [1.29, 1.82) is 0 Å². The maximum atomic E-state index is 11.9. The van der Waals surface area contributed by atoms with Crippen LogP contribution in [-0.2, 0) is 29.3 Å². The number of carbonyl (C=O) groups is 2. The fourth-order valence-corrected chi connectivity index (χ4v) is 4.31. The van der Waals surface area contributed by atoms with Crippen molar-refractivity contribution < 1.29 is 26.4 Å². The van der Waals surface area contributed by atoms with Crippen LogP contribution < -0.4 is 0 Å². The van der Waals surface area contributed by atoms with Gasteiger partial charge in [0.2, 0.25) is 11.6 Å². The van der Waals surface area contributed by atoms with Crippen LogP contribution in [0.1, 0.15) is 13.8 Å². The number of Topliss-reactive ketones (excluding diaryl/α,β-unsaturated/α-hetero) is 2. The van der Waals surface area contributed by atoms with Gasteiger partial charge < -0.3 is 0 Å². The van der Waals surface area contributed by atoms with Gasteiger partial charge in [-0.1, -0.05) is 0 Å². The monoisotopic (exact) mass is 292 g/mol. The lowest BCUT2D eigenvalue weighted by Crippen LogP contribution is -2.29. The summed E-state index contributed by atoms with van der Waals surface area (Å²) in [5, 5.41) is 0. The molecule has 100 valence electrons. The number of allylic oxidation sites excluding steroid dienone is 4. The zero-order valence-electron chi connectivity index (χ0n) is 10.3. The molecule has 0 spiro atoms. The van der Waals surface area contributed by atoms with E-state index in [0.717, 1.165) is 0 Å². The first-order valence-electron chi connectivity index (χ1n) is 4.80. The largest absolute Gasteiger partial charge is 0.288 e. The normalized spacial score (nSPS) is 18.7. The molecule has 0 fully saturated rings. The summed E-state index contributed by atoms with van der Waals surface area (Å²) < 4.78 is 46.1. The van der Waals surface area contributed by atoms with E-state index in [1.165, 1.54) is 13.8 Å². The second-order valence-electron chi connectivity index (χ2n) is 4.11. The predicted octanol–water partition coefficient (Wildman–Crippen LogP) is -0.225. The molecule has 0 unspecified atom stereocenters. The number of ketones is 2. The van der Waals surface area contributed by atoms with Crippen molar-refractivity contribution in [3.05, 3.63) is 21.0 Å². The Hall–Kier alpha value is -1.28. The van der Waals surface area contributed by atoms with E-state index in [4.69, 9.17) is 0 Å². The Kier molecular flexibility index (Phi) is 3.39. The maximum absolute atomic E-state index is 11.9. The van der Waals surface area contributed by atoms with Crippen LogP contribution in [0.25, 0.3) is 0 Å². The average molecular weight is 292 g/mol. The van der Waals surface area contributed by atoms with Gasteiger partial charge in [-0.05, 0) is 13.8 Å². The summed E-state index contributed by atoms with van der Waals surface area (Å²) in [7, 11) is -8.20. The topological polar surface area (TPSA) is 102 Å². The van der Waals surface area contributed by atoms with Crippen LogP contribution in [0.5, 0.6) is 0 Å². The Morgan fingerprint density at radius 3 is 1.06 bits per heavy atom. The van der Waals surface area contributed by atoms with E-state index >= 15 is 0 Å². The number of carbonyl (C=O) groups excluding carboxylic acids is 2. The quantitative estimate of drug-likeness (QED) is 0.652. The molecule has 18 heavy (non-hydrogen) atoms. The van der Waals surface area contributed by atoms with Gasteiger partial charge in [0.1, 0.15) is 9.81 Å². The van der Waals surface area contributed by atoms with E-state index in [1.54, 1.807) is 0 Å². The molecule has 8 heteroatoms. The number of rotatable bonds is 2. The number of sulfone groups is 2. The van der Waals surface area contributed by atoms with Crippen LogP contribution >= 0.6 is 0 Å². The molecule has 0 aromatic carbocycles. The molecular formula is C10H12O6S2. The maximum Gasteiger partial charge on any atom is 0.202 e. The summed E-state index contributed by atoms with van der Waals surface area (Å²) in [5.41, 5.74) is -0.0966. The van der Waals surface area contributed by atoms with Gasteiger partial charge in [0, 0.05) is 23.7 Å². The SMILES string of the molecule is CC1=C(C)C(=O)C(S(C)(=O)=O)=C(S(C)(=O)=O)C1=O. The van der Waals surface area contributed by atoms with Gasteiger partial charge in [-0.15, -0.1) is 0 Å². The summed E-state index contributed by atoms with van der Waals surface area (Å²) in [6.45, 7) is 2.58. The summed E-state index contributed by atoms with van der Waals surface area (Å²) >= 11 is 0. The molecule has 0 aromatic heterocycles. The van der Waals surface area contributed by atoms with Crippen molar-refractivity contribution in [3.63, 3.8) is 0 Å². The lowest BCUT2D eigenvalue weighted by atomic mass is 9.97. The van der Waals surface area contributed by atoms with E-state index in [2.05, 4.69) is 0 Å². The van der Waals surface area contributed by atoms with Crippen molar-refractivity contribution in [2.75, 3.05) is 12.5 Å². The molecule has 1 aliphatic rings. The van der Waals surface area contributed by atoms with Gasteiger partial charge >= 0.3 is 0 Å². The fraction of sp³-hybridized carbons (Fsp3) is 0.400. The van der Waals surface area contributed by atoms with Gasteiger partial charge in [0.05, 0.1) is 0 Å². The first kappa shape index (κ1) is 14.8. The van der Waals surface area contributed by atoms with Crippen LogP contribution in [0, 0.1) is 0 Å². The number of hydrogen-bond acceptors (Lipinski definition) is 6. The molecular weight excluding hydrogens is 280 g/mol. The van der Waals surface area contributed by atoms with E-state index in [9.17, 15) is 26.4 Å². The van der Waals surface area contributed by atoms with Gasteiger partial charge in [0.25, 0.3) is 0 Å². The summed E-state index contributed by atoms with van der Waals surface area (Å²) in [4.78, 5) is 21.9. The van der Waals surface area contributed by atoms with Gasteiger partial charge in [-0.2, -0.15) is 0 Å². The molecule has 6 nitrogen and oxygen atoms in total. The van der Waals surface area contributed by atoms with Crippen molar-refractivity contribution in [2.24, 2.45) is 0 Å². The highest BCUT2D eigenvalue weighted by atomic mass is 32.2. The minimum atomic E-state index is -4.10. The summed E-state index contributed by atoms with van der Waals surface area (Å²) in [5.74, 6) is -1.87. The Morgan fingerprint density at radius 2 is 0.889 bits per heavy atom. The lowest BCUT2D eigenvalue weighted by Gasteiger charge is -2.18. The molecule has 0 radical (unpaired) electrons. The lowest BCUT2D eigenvalue weighted by molar-refractivity contribution is -0.115. The fourth-order valence-electron chi connectivity index (χ4n) is 1.56. The second-order valence-corrected chi connectivity index (χ2v) is 8.02. The standard InChI is InChI=1S/C10H12O6S2/c1-5-6(2)8(12)10(18(4,15)16)9(7(5)11)17(3,13)14/h1-4H3. The van der Waals surface area contributed by atoms with Crippen LogP contribution in [-0.4, -0.2) is 40.9 Å². The van der Waals surface area contributed by atoms with Crippen LogP contribution in [0.2, 0.25) is 0 Å². The Balaban J connectivity index is 3.91. The van der Waals surface area contributed by atoms with E-state index in [1.807, 2.05) is 0 Å². The summed E-state index contributed by atoms with van der Waals surface area (Å²) in [6, 6.07) is 0. The van der Waals surface area contributed by atoms with Crippen molar-refractivity contribution in [1.82, 2.24) is 0 Å². The van der Waals surface area contributed by atoms with Crippen LogP contribution in [0.4, 0.5) is 0 Å². The highest BCUT2D eigenvalue weighted by molar-refractivity contribution is 7.99. The van der Waals surface area contributed by atoms with Gasteiger partial charge in [-0.25, -0.2) is 16.8 Å².